The van der Waals surface area contributed by atoms with E-state index in [0.29, 0.717) is 6.04 Å². The van der Waals surface area contributed by atoms with Gasteiger partial charge in [-0.15, -0.1) is 0 Å². The minimum absolute atomic E-state index is 0.0550. The molecule has 0 spiro atoms. The van der Waals surface area contributed by atoms with Crippen molar-refractivity contribution in [2.24, 2.45) is 0 Å². The van der Waals surface area contributed by atoms with Gasteiger partial charge in [0.1, 0.15) is 0 Å². The Bertz CT molecular complexity index is 154. The Balaban J connectivity index is 1.94. The molecule has 0 radical (unpaired) electrons. The number of rotatable bonds is 1. The van der Waals surface area contributed by atoms with Gasteiger partial charge in [0, 0.05) is 18.6 Å². The van der Waals surface area contributed by atoms with Gasteiger partial charge >= 0.3 is 0 Å². The minimum Gasteiger partial charge on any atom is -0.392 e. The van der Waals surface area contributed by atoms with Crippen LogP contribution in [-0.2, 0) is 0 Å². The predicted molar refractivity (Wildman–Crippen MR) is 49.0 cm³/mol. The summed E-state index contributed by atoms with van der Waals surface area (Å²) in [6, 6.07) is 1.40. The van der Waals surface area contributed by atoms with Gasteiger partial charge in [-0.25, -0.2) is 0 Å². The molecule has 2 fully saturated rings. The first kappa shape index (κ1) is 8.52. The zero-order chi connectivity index (χ0) is 8.55. The lowest BCUT2D eigenvalue weighted by atomic mass is 10.2. The second-order valence-electron chi connectivity index (χ2n) is 4.37. The monoisotopic (exact) mass is 169 g/mol. The Kier molecular flexibility index (Phi) is 2.37. The smallest absolute Gasteiger partial charge is 0.0682 e. The fraction of sp³-hybridized carbons (Fsp3) is 1.00. The number of nitrogens with zero attached hydrogens (tertiary/aromatic N) is 1. The van der Waals surface area contributed by atoms with E-state index in [0.717, 1.165) is 19.0 Å². The lowest BCUT2D eigenvalue weighted by molar-refractivity contribution is 0.151. The first-order chi connectivity index (χ1) is 5.77. The van der Waals surface area contributed by atoms with Crippen LogP contribution in [0.15, 0.2) is 0 Å². The number of hydrogen-bond donors (Lipinski definition) is 1. The van der Waals surface area contributed by atoms with E-state index in [1.54, 1.807) is 0 Å². The summed E-state index contributed by atoms with van der Waals surface area (Å²) in [5, 5.41) is 9.49. The second kappa shape index (κ2) is 3.35. The number of aliphatic hydroxyl groups excluding tert-OH is 1. The van der Waals surface area contributed by atoms with Gasteiger partial charge in [-0.05, 0) is 26.2 Å². The van der Waals surface area contributed by atoms with Gasteiger partial charge in [-0.1, -0.05) is 12.8 Å². The Hall–Kier alpha value is -0.0800. The molecule has 0 amide bonds. The highest BCUT2D eigenvalue weighted by Gasteiger charge is 2.33. The standard InChI is InChI=1S/C10H19NO/c1-8-6-10(12)7-11(8)9-4-2-3-5-9/h8-10,12H,2-7H2,1H3/t8?,10-/m1/s1. The molecule has 70 valence electrons. The van der Waals surface area contributed by atoms with Gasteiger partial charge in [0.05, 0.1) is 6.10 Å². The van der Waals surface area contributed by atoms with E-state index >= 15 is 0 Å². The molecule has 1 N–H and O–H groups in total. The molecule has 1 heterocycles. The summed E-state index contributed by atoms with van der Waals surface area (Å²) in [6.07, 6.45) is 6.43. The zero-order valence-corrected chi connectivity index (χ0v) is 7.87. The highest BCUT2D eigenvalue weighted by Crippen LogP contribution is 2.29. The van der Waals surface area contributed by atoms with Crippen molar-refractivity contribution >= 4 is 0 Å². The molecule has 1 aliphatic heterocycles. The molecular weight excluding hydrogens is 150 g/mol. The van der Waals surface area contributed by atoms with Crippen LogP contribution < -0.4 is 0 Å². The van der Waals surface area contributed by atoms with E-state index in [1.165, 1.54) is 25.7 Å². The van der Waals surface area contributed by atoms with E-state index in [4.69, 9.17) is 0 Å². The molecular formula is C10H19NO. The molecule has 0 aromatic carbocycles. The van der Waals surface area contributed by atoms with Crippen molar-refractivity contribution in [1.29, 1.82) is 0 Å². The van der Waals surface area contributed by atoms with Crippen LogP contribution in [-0.4, -0.2) is 34.7 Å². The van der Waals surface area contributed by atoms with E-state index in [9.17, 15) is 5.11 Å². The van der Waals surface area contributed by atoms with Crippen LogP contribution in [0.4, 0.5) is 0 Å². The SMILES string of the molecule is CC1C[C@@H](O)CN1C1CCCC1. The van der Waals surface area contributed by atoms with E-state index < -0.39 is 0 Å². The van der Waals surface area contributed by atoms with Gasteiger partial charge in [-0.3, -0.25) is 4.90 Å². The number of β-amino-alcohol motifs (C(OH)–C–C–N with tert-alkyl or cyclic N) is 1. The molecule has 0 bridgehead atoms. The number of likely N-dealkylation sites (tertiary alicyclic amines) is 1. The van der Waals surface area contributed by atoms with Gasteiger partial charge in [0.2, 0.25) is 0 Å². The summed E-state index contributed by atoms with van der Waals surface area (Å²) in [7, 11) is 0. The molecule has 1 unspecified atom stereocenters. The van der Waals surface area contributed by atoms with Crippen molar-refractivity contribution in [2.45, 2.75) is 57.2 Å². The summed E-state index contributed by atoms with van der Waals surface area (Å²) in [4.78, 5) is 2.51. The average Bonchev–Trinajstić information content (AvgIpc) is 2.58. The maximum absolute atomic E-state index is 9.49. The van der Waals surface area contributed by atoms with Crippen molar-refractivity contribution in [3.05, 3.63) is 0 Å². The van der Waals surface area contributed by atoms with Crippen LogP contribution in [0.2, 0.25) is 0 Å². The van der Waals surface area contributed by atoms with Crippen LogP contribution in [0.1, 0.15) is 39.0 Å². The molecule has 2 atom stereocenters. The first-order valence-electron chi connectivity index (χ1n) is 5.21. The maximum atomic E-state index is 9.49. The summed E-state index contributed by atoms with van der Waals surface area (Å²) in [6.45, 7) is 3.17. The second-order valence-corrected chi connectivity index (χ2v) is 4.37. The Morgan fingerprint density at radius 2 is 1.92 bits per heavy atom. The highest BCUT2D eigenvalue weighted by molar-refractivity contribution is 4.88. The van der Waals surface area contributed by atoms with Crippen molar-refractivity contribution in [2.75, 3.05) is 6.54 Å². The molecule has 2 heteroatoms. The third-order valence-electron chi connectivity index (χ3n) is 3.39. The van der Waals surface area contributed by atoms with Gasteiger partial charge in [0.15, 0.2) is 0 Å². The average molecular weight is 169 g/mol. The summed E-state index contributed by atoms with van der Waals surface area (Å²) < 4.78 is 0. The summed E-state index contributed by atoms with van der Waals surface area (Å²) >= 11 is 0. The quantitative estimate of drug-likeness (QED) is 0.641. The van der Waals surface area contributed by atoms with Crippen LogP contribution in [0.25, 0.3) is 0 Å². The Morgan fingerprint density at radius 1 is 1.25 bits per heavy atom. The fourth-order valence-corrected chi connectivity index (χ4v) is 2.77. The molecule has 2 nitrogen and oxygen atoms in total. The van der Waals surface area contributed by atoms with Gasteiger partial charge in [0.25, 0.3) is 0 Å². The third-order valence-corrected chi connectivity index (χ3v) is 3.39. The summed E-state index contributed by atoms with van der Waals surface area (Å²) in [5.41, 5.74) is 0. The largest absolute Gasteiger partial charge is 0.392 e. The maximum Gasteiger partial charge on any atom is 0.0682 e. The Morgan fingerprint density at radius 3 is 2.42 bits per heavy atom. The Labute approximate surface area is 74.6 Å². The molecule has 2 aliphatic rings. The van der Waals surface area contributed by atoms with E-state index in [1.807, 2.05) is 0 Å². The lowest BCUT2D eigenvalue weighted by Gasteiger charge is -2.27. The predicted octanol–water partition coefficient (Wildman–Crippen LogP) is 1.38. The third kappa shape index (κ3) is 1.50. The van der Waals surface area contributed by atoms with Gasteiger partial charge in [-0.2, -0.15) is 0 Å². The fourth-order valence-electron chi connectivity index (χ4n) is 2.77. The number of hydrogen-bond acceptors (Lipinski definition) is 2. The van der Waals surface area contributed by atoms with E-state index in [-0.39, 0.29) is 6.10 Å². The van der Waals surface area contributed by atoms with Crippen LogP contribution in [0.5, 0.6) is 0 Å². The van der Waals surface area contributed by atoms with Crippen molar-refractivity contribution in [3.8, 4) is 0 Å². The normalized spacial score (nSPS) is 39.5. The summed E-state index contributed by atoms with van der Waals surface area (Å²) in [5.74, 6) is 0. The topological polar surface area (TPSA) is 23.5 Å². The molecule has 0 aromatic heterocycles. The molecule has 1 saturated heterocycles. The molecule has 2 rings (SSSR count). The van der Waals surface area contributed by atoms with Crippen LogP contribution in [0.3, 0.4) is 0 Å². The first-order valence-corrected chi connectivity index (χ1v) is 5.21. The van der Waals surface area contributed by atoms with Crippen molar-refractivity contribution in [3.63, 3.8) is 0 Å². The molecule has 1 aliphatic carbocycles. The highest BCUT2D eigenvalue weighted by atomic mass is 16.3. The molecule has 1 saturated carbocycles. The van der Waals surface area contributed by atoms with Crippen molar-refractivity contribution in [1.82, 2.24) is 4.90 Å². The zero-order valence-electron chi connectivity index (χ0n) is 7.87. The molecule has 0 aromatic rings. The van der Waals surface area contributed by atoms with Crippen LogP contribution >= 0.6 is 0 Å². The van der Waals surface area contributed by atoms with Crippen molar-refractivity contribution < 1.29 is 5.11 Å². The van der Waals surface area contributed by atoms with E-state index in [2.05, 4.69) is 11.8 Å². The minimum atomic E-state index is -0.0550. The van der Waals surface area contributed by atoms with Crippen LogP contribution in [0, 0.1) is 0 Å². The van der Waals surface area contributed by atoms with Gasteiger partial charge < -0.3 is 5.11 Å². The lowest BCUT2D eigenvalue weighted by Crippen LogP contribution is -2.36. The number of aliphatic hydroxyl groups is 1. The molecule has 12 heavy (non-hydrogen) atoms.